The van der Waals surface area contributed by atoms with Gasteiger partial charge in [0.2, 0.25) is 5.91 Å². The normalized spacial score (nSPS) is 11.8. The van der Waals surface area contributed by atoms with Gasteiger partial charge in [-0.2, -0.15) is 0 Å². The second kappa shape index (κ2) is 15.3. The zero-order valence-corrected chi connectivity index (χ0v) is 26.5. The molecule has 0 aliphatic heterocycles. The van der Waals surface area contributed by atoms with E-state index in [9.17, 15) is 28.0 Å². The van der Waals surface area contributed by atoms with E-state index in [2.05, 4.69) is 10.3 Å². The number of hydrogen-bond acceptors (Lipinski definition) is 8. The molecule has 0 bridgehead atoms. The van der Waals surface area contributed by atoms with Crippen LogP contribution in [0.4, 0.5) is 19.3 Å². The van der Waals surface area contributed by atoms with Crippen LogP contribution in [0.3, 0.4) is 0 Å². The molecule has 3 amide bonds. The lowest BCUT2D eigenvalue weighted by molar-refractivity contribution is -0.125. The van der Waals surface area contributed by atoms with Gasteiger partial charge in [-0.25, -0.2) is 18.6 Å². The average Bonchev–Trinajstić information content (AvgIpc) is 3.43. The van der Waals surface area contributed by atoms with E-state index < -0.39 is 35.3 Å². The summed E-state index contributed by atoms with van der Waals surface area (Å²) in [5.41, 5.74) is 0.871. The van der Waals surface area contributed by atoms with Crippen molar-refractivity contribution in [2.24, 2.45) is 0 Å². The molecule has 11 nitrogen and oxygen atoms in total. The summed E-state index contributed by atoms with van der Waals surface area (Å²) >= 11 is 1.33. The van der Waals surface area contributed by atoms with Crippen LogP contribution in [0.25, 0.3) is 10.2 Å². The van der Waals surface area contributed by atoms with E-state index in [0.717, 1.165) is 22.4 Å². The smallest absolute Gasteiger partial charge is 0.410 e. The molecule has 4 aromatic rings. The quantitative estimate of drug-likeness (QED) is 0.218. The third-order valence-corrected chi connectivity index (χ3v) is 7.73. The Labute approximate surface area is 267 Å². The summed E-state index contributed by atoms with van der Waals surface area (Å²) in [5, 5.41) is 3.16. The Kier molecular flexibility index (Phi) is 11.2. The largest absolute Gasteiger partial charge is 0.486 e. The minimum atomic E-state index is -1.23. The first-order valence-electron chi connectivity index (χ1n) is 14.1. The Balaban J connectivity index is 1.48. The fraction of sp³-hybridized carbons (Fsp3) is 0.281. The molecule has 0 spiro atoms. The number of anilines is 1. The van der Waals surface area contributed by atoms with Crippen molar-refractivity contribution in [1.82, 2.24) is 19.4 Å². The molecule has 0 saturated carbocycles. The molecule has 0 saturated heterocycles. The van der Waals surface area contributed by atoms with Crippen LogP contribution in [0, 0.1) is 11.6 Å². The molecule has 0 aliphatic rings. The average molecular weight is 654 g/mol. The molecule has 0 fully saturated rings. The van der Waals surface area contributed by atoms with Gasteiger partial charge in [-0.3, -0.25) is 14.4 Å². The van der Waals surface area contributed by atoms with Crippen molar-refractivity contribution in [2.45, 2.75) is 32.1 Å². The second-order valence-corrected chi connectivity index (χ2v) is 11.6. The molecule has 0 unspecified atom stereocenters. The van der Waals surface area contributed by atoms with E-state index in [1.54, 1.807) is 44.6 Å². The first-order valence-corrected chi connectivity index (χ1v) is 15.0. The standard InChI is InChI=1S/C32H33F2N5O6S/c1-37(2)28(40)13-6-5-12-26(45-32(43)38(3)4)30(41)36-24-11-8-16-39(31(24)42)18-27-35-23-10-7-9-20(29(23)46-27)19-44-25-15-14-21(33)17-22(25)34/h6-11,13-17,26H,5,12,18-19H2,1-4H3,(H,36,41)/b13-6+/t26-/m0/s1. The van der Waals surface area contributed by atoms with Crippen LogP contribution >= 0.6 is 11.3 Å². The van der Waals surface area contributed by atoms with Crippen LogP contribution in [-0.4, -0.2) is 71.6 Å². The van der Waals surface area contributed by atoms with Crippen LogP contribution in [-0.2, 0) is 27.5 Å². The van der Waals surface area contributed by atoms with Crippen molar-refractivity contribution in [3.63, 3.8) is 0 Å². The minimum absolute atomic E-state index is 0.0182. The molecule has 0 aliphatic carbocycles. The third-order valence-electron chi connectivity index (χ3n) is 6.60. The maximum Gasteiger partial charge on any atom is 0.410 e. The molecule has 242 valence electrons. The highest BCUT2D eigenvalue weighted by atomic mass is 32.1. The summed E-state index contributed by atoms with van der Waals surface area (Å²) in [4.78, 5) is 57.7. The number of halogens is 2. The lowest BCUT2D eigenvalue weighted by atomic mass is 10.1. The van der Waals surface area contributed by atoms with Crippen LogP contribution in [0.5, 0.6) is 5.75 Å². The summed E-state index contributed by atoms with van der Waals surface area (Å²) in [6, 6.07) is 11.5. The van der Waals surface area contributed by atoms with Crippen molar-refractivity contribution in [3.05, 3.63) is 99.4 Å². The van der Waals surface area contributed by atoms with Crippen molar-refractivity contribution in [1.29, 1.82) is 0 Å². The number of allylic oxidation sites excluding steroid dienone is 1. The van der Waals surface area contributed by atoms with Gasteiger partial charge in [0.25, 0.3) is 11.5 Å². The fourth-order valence-electron chi connectivity index (χ4n) is 4.15. The molecule has 2 aromatic heterocycles. The first-order chi connectivity index (χ1) is 21.9. The zero-order valence-electron chi connectivity index (χ0n) is 25.7. The number of pyridine rings is 1. The monoisotopic (exact) mass is 653 g/mol. The Bertz CT molecular complexity index is 1820. The second-order valence-electron chi connectivity index (χ2n) is 10.6. The predicted molar refractivity (Wildman–Crippen MR) is 170 cm³/mol. The Hall–Kier alpha value is -5.11. The van der Waals surface area contributed by atoms with E-state index in [4.69, 9.17) is 9.47 Å². The van der Waals surface area contributed by atoms with Gasteiger partial charge in [0.15, 0.2) is 17.7 Å². The molecule has 46 heavy (non-hydrogen) atoms. The maximum atomic E-state index is 14.0. The predicted octanol–water partition coefficient (Wildman–Crippen LogP) is 4.79. The lowest BCUT2D eigenvalue weighted by Crippen LogP contribution is -2.37. The number of benzene rings is 2. The number of hydrogen-bond donors (Lipinski definition) is 1. The van der Waals surface area contributed by atoms with Crippen LogP contribution in [0.15, 0.2) is 71.7 Å². The topological polar surface area (TPSA) is 123 Å². The number of carbonyl (C=O) groups excluding carboxylic acids is 3. The molecule has 1 N–H and O–H groups in total. The fourth-order valence-corrected chi connectivity index (χ4v) is 5.21. The van der Waals surface area contributed by atoms with Crippen molar-refractivity contribution < 1.29 is 32.6 Å². The number of likely N-dealkylation sites (N-methyl/N-ethyl adjacent to an activating group) is 1. The number of aromatic nitrogens is 2. The highest BCUT2D eigenvalue weighted by Crippen LogP contribution is 2.28. The maximum absolute atomic E-state index is 14.0. The number of nitrogens with zero attached hydrogens (tertiary/aromatic N) is 4. The molecular weight excluding hydrogens is 620 g/mol. The van der Waals surface area contributed by atoms with Gasteiger partial charge in [0.1, 0.15) is 23.1 Å². The van der Waals surface area contributed by atoms with Gasteiger partial charge in [-0.1, -0.05) is 18.2 Å². The number of carbonyl (C=O) groups is 3. The highest BCUT2D eigenvalue weighted by molar-refractivity contribution is 7.18. The van der Waals surface area contributed by atoms with Crippen LogP contribution < -0.4 is 15.6 Å². The number of ether oxygens (including phenoxy) is 2. The first kappa shape index (κ1) is 33.8. The third kappa shape index (κ3) is 8.75. The van der Waals surface area contributed by atoms with Crippen LogP contribution in [0.2, 0.25) is 0 Å². The van der Waals surface area contributed by atoms with Gasteiger partial charge in [-0.05, 0) is 49.2 Å². The van der Waals surface area contributed by atoms with Crippen molar-refractivity contribution in [3.8, 4) is 5.75 Å². The van der Waals surface area contributed by atoms with Gasteiger partial charge in [0.05, 0.1) is 16.8 Å². The molecule has 14 heteroatoms. The van der Waals surface area contributed by atoms with Crippen LogP contribution in [0.1, 0.15) is 23.4 Å². The highest BCUT2D eigenvalue weighted by Gasteiger charge is 2.24. The lowest BCUT2D eigenvalue weighted by Gasteiger charge is -2.19. The van der Waals surface area contributed by atoms with E-state index in [1.807, 2.05) is 6.07 Å². The Morgan fingerprint density at radius 3 is 2.57 bits per heavy atom. The molecule has 0 radical (unpaired) electrons. The molecule has 4 rings (SSSR count). The van der Waals surface area contributed by atoms with E-state index in [0.29, 0.717) is 10.5 Å². The summed E-state index contributed by atoms with van der Waals surface area (Å²) in [6.45, 7) is 0.114. The van der Waals surface area contributed by atoms with Gasteiger partial charge >= 0.3 is 6.09 Å². The van der Waals surface area contributed by atoms with E-state index in [-0.39, 0.29) is 43.3 Å². The molecule has 2 heterocycles. The number of fused-ring (bicyclic) bond motifs is 1. The van der Waals surface area contributed by atoms with Crippen molar-refractivity contribution >= 4 is 45.1 Å². The van der Waals surface area contributed by atoms with Gasteiger partial charge < -0.3 is 29.2 Å². The SMILES string of the molecule is CN(C)C(=O)/C=C/CC[C@H](OC(=O)N(C)C)C(=O)Nc1cccn(Cc2nc3cccc(COc4ccc(F)cc4F)c3s2)c1=O. The van der Waals surface area contributed by atoms with Crippen molar-refractivity contribution in [2.75, 3.05) is 33.5 Å². The minimum Gasteiger partial charge on any atom is -0.486 e. The van der Waals surface area contributed by atoms with E-state index >= 15 is 0 Å². The molecular formula is C32H33F2N5O6S. The number of thiazole rings is 1. The summed E-state index contributed by atoms with van der Waals surface area (Å²) in [7, 11) is 6.18. The Morgan fingerprint density at radius 2 is 1.85 bits per heavy atom. The summed E-state index contributed by atoms with van der Waals surface area (Å²) in [5.74, 6) is -2.51. The summed E-state index contributed by atoms with van der Waals surface area (Å²) < 4.78 is 40.4. The molecule has 2 aromatic carbocycles. The Morgan fingerprint density at radius 1 is 1.07 bits per heavy atom. The number of nitrogens with one attached hydrogen (secondary N) is 1. The number of amides is 3. The summed E-state index contributed by atoms with van der Waals surface area (Å²) in [6.07, 6.45) is 2.88. The zero-order chi connectivity index (χ0) is 33.4. The van der Waals surface area contributed by atoms with E-state index in [1.165, 1.54) is 58.0 Å². The molecule has 1 atom stereocenters. The number of rotatable bonds is 12. The van der Waals surface area contributed by atoms with Gasteiger partial charge in [-0.15, -0.1) is 11.3 Å². The van der Waals surface area contributed by atoms with Gasteiger partial charge in [0, 0.05) is 46.0 Å².